The quantitative estimate of drug-likeness (QED) is 0.824. The van der Waals surface area contributed by atoms with Gasteiger partial charge in [-0.1, -0.05) is 18.2 Å². The molecule has 5 nitrogen and oxygen atoms in total. The summed E-state index contributed by atoms with van der Waals surface area (Å²) in [7, 11) is 3.35. The molecule has 2 aromatic rings. The number of fused-ring (bicyclic) bond motifs is 1. The van der Waals surface area contributed by atoms with Crippen LogP contribution in [-0.2, 0) is 16.6 Å². The average Bonchev–Trinajstić information content (AvgIpc) is 2.74. The molecule has 2 rings (SSSR count). The van der Waals surface area contributed by atoms with E-state index in [0.717, 1.165) is 10.9 Å². The van der Waals surface area contributed by atoms with Gasteiger partial charge in [0.25, 0.3) is 5.91 Å². The van der Waals surface area contributed by atoms with E-state index in [1.165, 1.54) is 7.05 Å². The second kappa shape index (κ2) is 4.91. The van der Waals surface area contributed by atoms with Gasteiger partial charge in [0.2, 0.25) is 0 Å². The van der Waals surface area contributed by atoms with Crippen molar-refractivity contribution >= 4 is 22.8 Å². The van der Waals surface area contributed by atoms with E-state index < -0.39 is 5.97 Å². The van der Waals surface area contributed by atoms with Gasteiger partial charge in [-0.25, -0.2) is 4.79 Å². The molecule has 0 fully saturated rings. The summed E-state index contributed by atoms with van der Waals surface area (Å²) in [5, 5.41) is 3.21. The maximum atomic E-state index is 11.9. The van der Waals surface area contributed by atoms with Crippen LogP contribution in [0.1, 0.15) is 10.4 Å². The summed E-state index contributed by atoms with van der Waals surface area (Å²) in [5.41, 5.74) is 1.42. The van der Waals surface area contributed by atoms with Gasteiger partial charge in [0, 0.05) is 31.2 Å². The number of para-hydroxylation sites is 1. The molecule has 0 aliphatic rings. The number of aryl methyl sites for hydroxylation is 1. The van der Waals surface area contributed by atoms with Gasteiger partial charge < -0.3 is 14.6 Å². The lowest BCUT2D eigenvalue weighted by Gasteiger charge is -2.02. The Bertz CT molecular complexity index is 601. The Kier molecular flexibility index (Phi) is 3.32. The average molecular weight is 246 g/mol. The highest BCUT2D eigenvalue weighted by molar-refractivity contribution is 6.04. The largest absolute Gasteiger partial charge is 0.452 e. The van der Waals surface area contributed by atoms with Crippen LogP contribution in [0, 0.1) is 0 Å². The van der Waals surface area contributed by atoms with Crippen LogP contribution in [-0.4, -0.2) is 30.1 Å². The fraction of sp³-hybridized carbons (Fsp3) is 0.231. The van der Waals surface area contributed by atoms with Crippen LogP contribution < -0.4 is 5.32 Å². The molecule has 1 aromatic carbocycles. The van der Waals surface area contributed by atoms with Crippen molar-refractivity contribution in [3.8, 4) is 0 Å². The van der Waals surface area contributed by atoms with Crippen molar-refractivity contribution in [1.82, 2.24) is 9.88 Å². The summed E-state index contributed by atoms with van der Waals surface area (Å²) < 4.78 is 6.79. The first-order valence-corrected chi connectivity index (χ1v) is 5.55. The molecular weight excluding hydrogens is 232 g/mol. The Balaban J connectivity index is 2.25. The third-order valence-electron chi connectivity index (χ3n) is 2.73. The molecule has 0 radical (unpaired) electrons. The van der Waals surface area contributed by atoms with E-state index in [2.05, 4.69) is 5.32 Å². The van der Waals surface area contributed by atoms with Crippen LogP contribution in [0.25, 0.3) is 10.9 Å². The van der Waals surface area contributed by atoms with Crippen molar-refractivity contribution in [3.05, 3.63) is 36.0 Å². The van der Waals surface area contributed by atoms with Crippen molar-refractivity contribution in [1.29, 1.82) is 0 Å². The van der Waals surface area contributed by atoms with Gasteiger partial charge >= 0.3 is 5.97 Å². The standard InChI is InChI=1S/C13H14N2O3/c1-14-12(16)8-18-13(17)10-7-15(2)11-6-4-3-5-9(10)11/h3-7H,8H2,1-2H3,(H,14,16). The zero-order valence-corrected chi connectivity index (χ0v) is 10.3. The number of rotatable bonds is 3. The Morgan fingerprint density at radius 2 is 2.06 bits per heavy atom. The van der Waals surface area contributed by atoms with Crippen molar-refractivity contribution in [2.75, 3.05) is 13.7 Å². The highest BCUT2D eigenvalue weighted by Gasteiger charge is 2.15. The predicted octanol–water partition coefficient (Wildman–Crippen LogP) is 1.08. The number of carbonyl (C=O) groups is 2. The van der Waals surface area contributed by atoms with Gasteiger partial charge in [-0.05, 0) is 6.07 Å². The van der Waals surface area contributed by atoms with Crippen molar-refractivity contribution in [3.63, 3.8) is 0 Å². The normalized spacial score (nSPS) is 10.3. The molecule has 18 heavy (non-hydrogen) atoms. The van der Waals surface area contributed by atoms with E-state index in [9.17, 15) is 9.59 Å². The van der Waals surface area contributed by atoms with Crippen molar-refractivity contribution in [2.24, 2.45) is 7.05 Å². The van der Waals surface area contributed by atoms with E-state index in [4.69, 9.17) is 4.74 Å². The Morgan fingerprint density at radius 1 is 1.33 bits per heavy atom. The minimum Gasteiger partial charge on any atom is -0.452 e. The number of hydrogen-bond acceptors (Lipinski definition) is 3. The van der Waals surface area contributed by atoms with E-state index in [1.807, 2.05) is 35.9 Å². The number of amides is 1. The second-order valence-corrected chi connectivity index (χ2v) is 3.92. The number of likely N-dealkylation sites (N-methyl/N-ethyl adjacent to an activating group) is 1. The van der Waals surface area contributed by atoms with Crippen LogP contribution in [0.4, 0.5) is 0 Å². The van der Waals surface area contributed by atoms with E-state index in [-0.39, 0.29) is 12.5 Å². The first kappa shape index (κ1) is 12.2. The second-order valence-electron chi connectivity index (χ2n) is 3.92. The number of nitrogens with one attached hydrogen (secondary N) is 1. The summed E-state index contributed by atoms with van der Waals surface area (Å²) in [6.45, 7) is -0.265. The minimum atomic E-state index is -0.490. The highest BCUT2D eigenvalue weighted by Crippen LogP contribution is 2.20. The molecule has 1 aromatic heterocycles. The number of esters is 1. The maximum Gasteiger partial charge on any atom is 0.340 e. The first-order chi connectivity index (χ1) is 8.63. The van der Waals surface area contributed by atoms with Gasteiger partial charge in [-0.2, -0.15) is 0 Å². The van der Waals surface area contributed by atoms with E-state index in [1.54, 1.807) is 6.20 Å². The van der Waals surface area contributed by atoms with Gasteiger partial charge in [0.1, 0.15) is 0 Å². The van der Waals surface area contributed by atoms with Gasteiger partial charge in [0.15, 0.2) is 6.61 Å². The fourth-order valence-electron chi connectivity index (χ4n) is 1.79. The number of hydrogen-bond donors (Lipinski definition) is 1. The summed E-state index contributed by atoms with van der Waals surface area (Å²) in [4.78, 5) is 22.9. The zero-order valence-electron chi connectivity index (χ0n) is 10.3. The SMILES string of the molecule is CNC(=O)COC(=O)c1cn(C)c2ccccc12. The molecule has 0 saturated heterocycles. The third kappa shape index (κ3) is 2.20. The number of carbonyl (C=O) groups excluding carboxylic acids is 2. The fourth-order valence-corrected chi connectivity index (χ4v) is 1.79. The topological polar surface area (TPSA) is 60.3 Å². The van der Waals surface area contributed by atoms with Crippen LogP contribution in [0.3, 0.4) is 0 Å². The lowest BCUT2D eigenvalue weighted by molar-refractivity contribution is -0.123. The molecule has 1 amide bonds. The van der Waals surface area contributed by atoms with Gasteiger partial charge in [-0.3, -0.25) is 4.79 Å². The number of ether oxygens (including phenoxy) is 1. The molecule has 0 unspecified atom stereocenters. The summed E-state index contributed by atoms with van der Waals surface area (Å²) >= 11 is 0. The number of nitrogens with zero attached hydrogens (tertiary/aromatic N) is 1. The van der Waals surface area contributed by atoms with Crippen LogP contribution in [0.5, 0.6) is 0 Å². The summed E-state index contributed by atoms with van der Waals surface area (Å²) in [5.74, 6) is -0.820. The molecule has 1 heterocycles. The molecule has 0 spiro atoms. The third-order valence-corrected chi connectivity index (χ3v) is 2.73. The van der Waals surface area contributed by atoms with Crippen LogP contribution >= 0.6 is 0 Å². The summed E-state index contributed by atoms with van der Waals surface area (Å²) in [6.07, 6.45) is 1.71. The number of aromatic nitrogens is 1. The van der Waals surface area contributed by atoms with Crippen molar-refractivity contribution in [2.45, 2.75) is 0 Å². The molecule has 5 heteroatoms. The minimum absolute atomic E-state index is 0.265. The summed E-state index contributed by atoms with van der Waals surface area (Å²) in [6, 6.07) is 7.54. The molecule has 1 N–H and O–H groups in total. The Hall–Kier alpha value is -2.30. The lowest BCUT2D eigenvalue weighted by Crippen LogP contribution is -2.25. The molecule has 0 aliphatic heterocycles. The lowest BCUT2D eigenvalue weighted by atomic mass is 10.2. The van der Waals surface area contributed by atoms with Gasteiger partial charge in [0.05, 0.1) is 5.56 Å². The van der Waals surface area contributed by atoms with Gasteiger partial charge in [-0.15, -0.1) is 0 Å². The van der Waals surface area contributed by atoms with Crippen LogP contribution in [0.15, 0.2) is 30.5 Å². The van der Waals surface area contributed by atoms with E-state index >= 15 is 0 Å². The van der Waals surface area contributed by atoms with E-state index in [0.29, 0.717) is 5.56 Å². The molecule has 94 valence electrons. The first-order valence-electron chi connectivity index (χ1n) is 5.55. The molecule has 0 bridgehead atoms. The Labute approximate surface area is 104 Å². The van der Waals surface area contributed by atoms with Crippen LogP contribution in [0.2, 0.25) is 0 Å². The molecule has 0 saturated carbocycles. The smallest absolute Gasteiger partial charge is 0.340 e. The maximum absolute atomic E-state index is 11.9. The molecule has 0 aliphatic carbocycles. The number of benzene rings is 1. The Morgan fingerprint density at radius 3 is 2.78 bits per heavy atom. The zero-order chi connectivity index (χ0) is 13.1. The predicted molar refractivity (Wildman–Crippen MR) is 67.3 cm³/mol. The molecule has 0 atom stereocenters. The highest BCUT2D eigenvalue weighted by atomic mass is 16.5. The molecular formula is C13H14N2O3. The monoisotopic (exact) mass is 246 g/mol. The van der Waals surface area contributed by atoms with Crippen molar-refractivity contribution < 1.29 is 14.3 Å².